The number of hydrogen-bond acceptors (Lipinski definition) is 9. The van der Waals surface area contributed by atoms with Gasteiger partial charge in [0.15, 0.2) is 6.73 Å². The molecule has 0 spiro atoms. The van der Waals surface area contributed by atoms with Crippen molar-refractivity contribution in [2.24, 2.45) is 10.9 Å². The topological polar surface area (TPSA) is 113 Å². The van der Waals surface area contributed by atoms with Crippen LogP contribution < -0.4 is 5.73 Å². The molecule has 1 saturated heterocycles. The third-order valence-electron chi connectivity index (χ3n) is 2.86. The number of oxime groups is 1. The molecule has 0 radical (unpaired) electrons. The van der Waals surface area contributed by atoms with Crippen molar-refractivity contribution in [3.63, 3.8) is 0 Å². The van der Waals surface area contributed by atoms with Gasteiger partial charge in [-0.05, 0) is 6.92 Å². The second-order valence-corrected chi connectivity index (χ2v) is 4.35. The number of esters is 1. The predicted molar refractivity (Wildman–Crippen MR) is 78.1 cm³/mol. The molecule has 0 bridgehead atoms. The molecule has 0 atom stereocenters. The van der Waals surface area contributed by atoms with Crippen LogP contribution in [0.2, 0.25) is 0 Å². The highest BCUT2D eigenvalue weighted by molar-refractivity contribution is 6.42. The third-order valence-corrected chi connectivity index (χ3v) is 2.86. The van der Waals surface area contributed by atoms with Crippen molar-refractivity contribution in [3.8, 4) is 6.07 Å². The first-order chi connectivity index (χ1) is 10.6. The van der Waals surface area contributed by atoms with Crippen LogP contribution in [0.5, 0.6) is 0 Å². The van der Waals surface area contributed by atoms with Gasteiger partial charge in [-0.15, -0.1) is 0 Å². The van der Waals surface area contributed by atoms with Crippen LogP contribution in [0.15, 0.2) is 17.2 Å². The van der Waals surface area contributed by atoms with E-state index in [1.807, 2.05) is 4.90 Å². The Labute approximate surface area is 129 Å². The van der Waals surface area contributed by atoms with Crippen molar-refractivity contribution in [2.45, 2.75) is 6.92 Å². The minimum Gasteiger partial charge on any atom is -0.461 e. The maximum absolute atomic E-state index is 11.4. The second-order valence-electron chi connectivity index (χ2n) is 4.35. The van der Waals surface area contributed by atoms with Gasteiger partial charge in [-0.2, -0.15) is 5.26 Å². The van der Waals surface area contributed by atoms with E-state index in [9.17, 15) is 4.79 Å². The van der Waals surface area contributed by atoms with Crippen LogP contribution in [-0.4, -0.2) is 68.2 Å². The Bertz CT molecular complexity index is 466. The van der Waals surface area contributed by atoms with Crippen LogP contribution in [0, 0.1) is 11.3 Å². The molecule has 22 heavy (non-hydrogen) atoms. The van der Waals surface area contributed by atoms with Crippen LogP contribution in [0.4, 0.5) is 0 Å². The summed E-state index contributed by atoms with van der Waals surface area (Å²) in [5.41, 5.74) is 5.22. The molecule has 0 saturated carbocycles. The maximum atomic E-state index is 11.4. The lowest BCUT2D eigenvalue weighted by atomic mass is 10.4. The van der Waals surface area contributed by atoms with Crippen molar-refractivity contribution in [3.05, 3.63) is 12.0 Å². The number of nitrogens with zero attached hydrogens (tertiary/aromatic N) is 4. The lowest BCUT2D eigenvalue weighted by Crippen LogP contribution is -2.41. The molecule has 0 aromatic rings. The number of morpholine rings is 1. The Morgan fingerprint density at radius 2 is 2.23 bits per heavy atom. The Kier molecular flexibility index (Phi) is 7.56. The first-order valence-corrected chi connectivity index (χ1v) is 6.86. The van der Waals surface area contributed by atoms with Gasteiger partial charge in [-0.25, -0.2) is 4.79 Å². The Balaban J connectivity index is 2.54. The Hall–Kier alpha value is -2.47. The summed E-state index contributed by atoms with van der Waals surface area (Å²) in [6.07, 6.45) is 1.47. The van der Waals surface area contributed by atoms with E-state index in [0.717, 1.165) is 18.9 Å². The highest BCUT2D eigenvalue weighted by atomic mass is 16.6. The number of carbonyl (C=O) groups is 1. The van der Waals surface area contributed by atoms with E-state index in [-0.39, 0.29) is 13.3 Å². The second kappa shape index (κ2) is 9.46. The largest absolute Gasteiger partial charge is 0.461 e. The third kappa shape index (κ3) is 5.14. The SMILES string of the molecule is CCOC(=O)/C(C#N)=N/OCN(C)/C(=C/N)N1CCOCC1. The van der Waals surface area contributed by atoms with E-state index in [4.69, 9.17) is 20.6 Å². The first kappa shape index (κ1) is 17.6. The summed E-state index contributed by atoms with van der Waals surface area (Å²) < 4.78 is 9.96. The van der Waals surface area contributed by atoms with Gasteiger partial charge in [0.05, 0.1) is 19.8 Å². The lowest BCUT2D eigenvalue weighted by molar-refractivity contribution is -0.135. The summed E-state index contributed by atoms with van der Waals surface area (Å²) in [6.45, 7) is 4.55. The molecule has 9 nitrogen and oxygen atoms in total. The zero-order chi connectivity index (χ0) is 16.4. The fraction of sp³-hybridized carbons (Fsp3) is 0.615. The van der Waals surface area contributed by atoms with Crippen LogP contribution in [-0.2, 0) is 19.1 Å². The van der Waals surface area contributed by atoms with Crippen molar-refractivity contribution in [1.82, 2.24) is 9.80 Å². The van der Waals surface area contributed by atoms with Crippen molar-refractivity contribution < 1.29 is 19.1 Å². The average Bonchev–Trinajstić information content (AvgIpc) is 2.53. The number of ether oxygens (including phenoxy) is 2. The fourth-order valence-electron chi connectivity index (χ4n) is 1.82. The molecule has 0 amide bonds. The molecule has 1 aliphatic rings. The molecule has 1 rings (SSSR count). The minimum atomic E-state index is -0.810. The molecule has 0 unspecified atom stereocenters. The van der Waals surface area contributed by atoms with Crippen molar-refractivity contribution in [2.75, 3.05) is 46.7 Å². The molecule has 1 aliphatic heterocycles. The summed E-state index contributed by atoms with van der Waals surface area (Å²) in [5, 5.41) is 12.3. The molecule has 0 aromatic carbocycles. The predicted octanol–water partition coefficient (Wildman–Crippen LogP) is -0.575. The standard InChI is InChI=1S/C13H21N5O4/c1-3-21-13(19)11(8-14)16-22-10-17(2)12(9-15)18-4-6-20-7-5-18/h9H,3-7,10,15H2,1-2H3/b12-9-,16-11+. The van der Waals surface area contributed by atoms with Gasteiger partial charge < -0.3 is 29.8 Å². The monoisotopic (exact) mass is 311 g/mol. The maximum Gasteiger partial charge on any atom is 0.371 e. The number of rotatable bonds is 7. The molecule has 0 aromatic heterocycles. The molecule has 2 N–H and O–H groups in total. The molecule has 9 heteroatoms. The summed E-state index contributed by atoms with van der Waals surface area (Å²) in [6, 6.07) is 1.63. The van der Waals surface area contributed by atoms with Crippen molar-refractivity contribution in [1.29, 1.82) is 5.26 Å². The van der Waals surface area contributed by atoms with Crippen LogP contribution in [0.25, 0.3) is 0 Å². The lowest BCUT2D eigenvalue weighted by Gasteiger charge is -2.34. The van der Waals surface area contributed by atoms with E-state index in [2.05, 4.69) is 9.89 Å². The normalized spacial score (nSPS) is 16.0. The number of carbonyl (C=O) groups excluding carboxylic acids is 1. The van der Waals surface area contributed by atoms with Crippen molar-refractivity contribution >= 4 is 11.7 Å². The first-order valence-electron chi connectivity index (χ1n) is 6.86. The number of hydrogen-bond donors (Lipinski definition) is 1. The van der Waals surface area contributed by atoms with Crippen LogP contribution in [0.1, 0.15) is 6.92 Å². The highest BCUT2D eigenvalue weighted by Gasteiger charge is 2.17. The molecule has 122 valence electrons. The van der Waals surface area contributed by atoms with E-state index in [1.54, 1.807) is 24.9 Å². The summed E-state index contributed by atoms with van der Waals surface area (Å²) in [7, 11) is 1.76. The molecule has 0 aliphatic carbocycles. The smallest absolute Gasteiger partial charge is 0.371 e. The Morgan fingerprint density at radius 3 is 2.77 bits per heavy atom. The number of nitriles is 1. The minimum absolute atomic E-state index is 0.0327. The summed E-state index contributed by atoms with van der Waals surface area (Å²) >= 11 is 0. The number of nitrogens with two attached hydrogens (primary N) is 1. The average molecular weight is 311 g/mol. The van der Waals surface area contributed by atoms with Crippen LogP contribution >= 0.6 is 0 Å². The fourth-order valence-corrected chi connectivity index (χ4v) is 1.82. The zero-order valence-corrected chi connectivity index (χ0v) is 12.8. The quantitative estimate of drug-likeness (QED) is 0.288. The zero-order valence-electron chi connectivity index (χ0n) is 12.8. The Morgan fingerprint density at radius 1 is 1.55 bits per heavy atom. The highest BCUT2D eigenvalue weighted by Crippen LogP contribution is 2.10. The van der Waals surface area contributed by atoms with Crippen LogP contribution in [0.3, 0.4) is 0 Å². The van der Waals surface area contributed by atoms with Gasteiger partial charge in [-0.3, -0.25) is 0 Å². The van der Waals surface area contributed by atoms with E-state index in [0.29, 0.717) is 13.2 Å². The summed E-state index contributed by atoms with van der Waals surface area (Å²) in [4.78, 5) is 20.2. The molecular weight excluding hydrogens is 290 g/mol. The van der Waals surface area contributed by atoms with Gasteiger partial charge >= 0.3 is 5.97 Å². The van der Waals surface area contributed by atoms with E-state index in [1.165, 1.54) is 6.20 Å². The van der Waals surface area contributed by atoms with Gasteiger partial charge in [0.2, 0.25) is 0 Å². The van der Waals surface area contributed by atoms with Gasteiger partial charge in [-0.1, -0.05) is 5.16 Å². The van der Waals surface area contributed by atoms with Gasteiger partial charge in [0, 0.05) is 26.3 Å². The van der Waals surface area contributed by atoms with E-state index < -0.39 is 11.7 Å². The molecule has 1 fully saturated rings. The van der Waals surface area contributed by atoms with Gasteiger partial charge in [0.1, 0.15) is 11.9 Å². The summed E-state index contributed by atoms with van der Waals surface area (Å²) in [5.74, 6) is -0.0523. The van der Waals surface area contributed by atoms with Gasteiger partial charge in [0.25, 0.3) is 5.71 Å². The molecule has 1 heterocycles. The molecular formula is C13H21N5O4. The van der Waals surface area contributed by atoms with E-state index >= 15 is 0 Å².